The molecule has 0 saturated heterocycles. The molecule has 2 unspecified atom stereocenters. The summed E-state index contributed by atoms with van der Waals surface area (Å²) in [5.41, 5.74) is 1.50. The fourth-order valence-corrected chi connectivity index (χ4v) is 1.90. The highest BCUT2D eigenvalue weighted by molar-refractivity contribution is 5.81. The van der Waals surface area contributed by atoms with Crippen LogP contribution in [0.3, 0.4) is 0 Å². The number of aliphatic hydroxyl groups excluding tert-OH is 2. The van der Waals surface area contributed by atoms with E-state index in [0.29, 0.717) is 11.9 Å². The Morgan fingerprint density at radius 3 is 2.19 bits per heavy atom. The van der Waals surface area contributed by atoms with Gasteiger partial charge in [-0.05, 0) is 30.3 Å². The monoisotopic (exact) mass is 219 g/mol. The Kier molecular flexibility index (Phi) is 2.94. The van der Waals surface area contributed by atoms with Crippen LogP contribution in [0.1, 0.15) is 30.3 Å². The van der Waals surface area contributed by atoms with Crippen molar-refractivity contribution in [2.45, 2.75) is 19.1 Å². The number of nitrogens with one attached hydrogen (secondary N) is 1. The molecule has 0 heterocycles. The molecule has 2 rings (SSSR count). The van der Waals surface area contributed by atoms with Crippen molar-refractivity contribution in [1.29, 1.82) is 0 Å². The molecule has 0 fully saturated rings. The van der Waals surface area contributed by atoms with E-state index in [2.05, 4.69) is 10.3 Å². The standard InChI is InChI=1S/C12H15N2O2/c1-7(13-2)14-10-11(15)8-5-3-4-6-9(8)12(10)16/h3-6,11-12,15-16H,1-2H3,(H,13,14)/q-1. The highest BCUT2D eigenvalue weighted by Crippen LogP contribution is 2.43. The maximum Gasteiger partial charge on any atom is 0.0640 e. The summed E-state index contributed by atoms with van der Waals surface area (Å²) < 4.78 is 0. The molecule has 1 aromatic rings. The van der Waals surface area contributed by atoms with Crippen molar-refractivity contribution in [2.24, 2.45) is 4.99 Å². The third-order valence-electron chi connectivity index (χ3n) is 2.84. The Labute approximate surface area is 94.6 Å². The van der Waals surface area contributed by atoms with E-state index in [1.54, 1.807) is 14.0 Å². The molecule has 86 valence electrons. The molecule has 1 aromatic carbocycles. The van der Waals surface area contributed by atoms with Gasteiger partial charge in [0.1, 0.15) is 0 Å². The summed E-state index contributed by atoms with van der Waals surface area (Å²) in [6.45, 7) is 1.79. The minimum absolute atomic E-state index is 0.476. The number of amidine groups is 1. The number of hydrogen-bond donors (Lipinski definition) is 3. The van der Waals surface area contributed by atoms with Gasteiger partial charge < -0.3 is 15.5 Å². The molecule has 1 aliphatic rings. The summed E-state index contributed by atoms with van der Waals surface area (Å²) in [5, 5.41) is 23.0. The third kappa shape index (κ3) is 1.70. The van der Waals surface area contributed by atoms with Crippen LogP contribution >= 0.6 is 0 Å². The fraction of sp³-hybridized carbons (Fsp3) is 0.333. The molecular weight excluding hydrogens is 204 g/mol. The van der Waals surface area contributed by atoms with Crippen LogP contribution in [0.4, 0.5) is 0 Å². The van der Waals surface area contributed by atoms with Crippen molar-refractivity contribution in [1.82, 2.24) is 5.32 Å². The largest absolute Gasteiger partial charge is 0.516 e. The minimum Gasteiger partial charge on any atom is -0.516 e. The lowest BCUT2D eigenvalue weighted by molar-refractivity contribution is 0.125. The van der Waals surface area contributed by atoms with Gasteiger partial charge >= 0.3 is 0 Å². The average Bonchev–Trinajstić information content (AvgIpc) is 2.55. The molecule has 0 aromatic heterocycles. The van der Waals surface area contributed by atoms with Gasteiger partial charge in [0.05, 0.1) is 5.84 Å². The maximum atomic E-state index is 10.0. The molecule has 4 nitrogen and oxygen atoms in total. The lowest BCUT2D eigenvalue weighted by atomic mass is 10.1. The molecule has 0 bridgehead atoms. The summed E-state index contributed by atoms with van der Waals surface area (Å²) in [6, 6.07) is 7.80. The second-order valence-corrected chi connectivity index (χ2v) is 3.82. The van der Waals surface area contributed by atoms with Crippen LogP contribution in [0.25, 0.3) is 0 Å². The Morgan fingerprint density at radius 1 is 1.25 bits per heavy atom. The van der Waals surface area contributed by atoms with Gasteiger partial charge in [-0.1, -0.05) is 24.3 Å². The van der Waals surface area contributed by atoms with Gasteiger partial charge in [0, 0.05) is 7.05 Å². The number of aliphatic hydroxyl groups is 2. The predicted octanol–water partition coefficient (Wildman–Crippen LogP) is 0.937. The summed E-state index contributed by atoms with van der Waals surface area (Å²) >= 11 is 0. The van der Waals surface area contributed by atoms with Gasteiger partial charge in [-0.2, -0.15) is 6.04 Å². The molecule has 0 spiro atoms. The Bertz CT molecular complexity index is 388. The van der Waals surface area contributed by atoms with E-state index in [1.807, 2.05) is 24.3 Å². The average molecular weight is 219 g/mol. The van der Waals surface area contributed by atoms with E-state index in [4.69, 9.17) is 0 Å². The normalized spacial score (nSPS) is 25.6. The second kappa shape index (κ2) is 4.23. The Morgan fingerprint density at radius 2 is 1.75 bits per heavy atom. The van der Waals surface area contributed by atoms with Gasteiger partial charge in [-0.3, -0.25) is 4.99 Å². The van der Waals surface area contributed by atoms with Crippen LogP contribution < -0.4 is 5.32 Å². The molecule has 0 saturated carbocycles. The molecule has 0 radical (unpaired) electrons. The zero-order valence-electron chi connectivity index (χ0n) is 9.31. The van der Waals surface area contributed by atoms with E-state index in [9.17, 15) is 10.2 Å². The fourth-order valence-electron chi connectivity index (χ4n) is 1.90. The van der Waals surface area contributed by atoms with Crippen LogP contribution in [0, 0.1) is 6.04 Å². The second-order valence-electron chi connectivity index (χ2n) is 3.82. The predicted molar refractivity (Wildman–Crippen MR) is 61.8 cm³/mol. The number of fused-ring (bicyclic) bond motifs is 1. The quantitative estimate of drug-likeness (QED) is 0.374. The van der Waals surface area contributed by atoms with Gasteiger partial charge in [0.15, 0.2) is 0 Å². The van der Waals surface area contributed by atoms with Gasteiger partial charge in [0.25, 0.3) is 0 Å². The van der Waals surface area contributed by atoms with Crippen LogP contribution in [-0.4, -0.2) is 23.1 Å². The molecule has 4 heteroatoms. The van der Waals surface area contributed by atoms with E-state index in [1.165, 1.54) is 0 Å². The molecule has 16 heavy (non-hydrogen) atoms. The Hall–Kier alpha value is -1.39. The van der Waals surface area contributed by atoms with Crippen molar-refractivity contribution in [3.63, 3.8) is 0 Å². The number of benzene rings is 1. The van der Waals surface area contributed by atoms with E-state index in [0.717, 1.165) is 11.1 Å². The zero-order chi connectivity index (χ0) is 11.7. The van der Waals surface area contributed by atoms with Gasteiger partial charge in [-0.25, -0.2) is 0 Å². The first-order valence-electron chi connectivity index (χ1n) is 5.17. The first kappa shape index (κ1) is 11.1. The summed E-state index contributed by atoms with van der Waals surface area (Å²) in [7, 11) is 1.66. The van der Waals surface area contributed by atoms with Crippen LogP contribution in [0.2, 0.25) is 0 Å². The maximum absolute atomic E-state index is 10.0. The van der Waals surface area contributed by atoms with Crippen molar-refractivity contribution in [3.8, 4) is 0 Å². The van der Waals surface area contributed by atoms with Crippen LogP contribution in [0.5, 0.6) is 0 Å². The summed E-state index contributed by atoms with van der Waals surface area (Å²) in [6.07, 6.45) is -1.55. The highest BCUT2D eigenvalue weighted by atomic mass is 16.3. The zero-order valence-corrected chi connectivity index (χ0v) is 9.31. The number of rotatable bonds is 1. The first-order valence-corrected chi connectivity index (χ1v) is 5.17. The summed E-state index contributed by atoms with van der Waals surface area (Å²) in [4.78, 5) is 3.95. The number of nitrogens with zero attached hydrogens (tertiary/aromatic N) is 1. The van der Waals surface area contributed by atoms with Crippen molar-refractivity contribution in [3.05, 3.63) is 41.4 Å². The van der Waals surface area contributed by atoms with Crippen molar-refractivity contribution >= 4 is 5.84 Å². The number of hydrogen-bond acceptors (Lipinski definition) is 3. The first-order chi connectivity index (χ1) is 7.65. The highest BCUT2D eigenvalue weighted by Gasteiger charge is 2.27. The molecule has 1 aliphatic carbocycles. The SMILES string of the molecule is CN=C(C)N[C-]1C(O)c2ccccc2C1O. The van der Waals surface area contributed by atoms with Crippen LogP contribution in [-0.2, 0) is 0 Å². The van der Waals surface area contributed by atoms with E-state index >= 15 is 0 Å². The molecule has 0 amide bonds. The third-order valence-corrected chi connectivity index (χ3v) is 2.84. The van der Waals surface area contributed by atoms with Gasteiger partial charge in [-0.15, -0.1) is 0 Å². The molecule has 0 aliphatic heterocycles. The minimum atomic E-state index is -0.775. The van der Waals surface area contributed by atoms with Crippen molar-refractivity contribution < 1.29 is 10.2 Å². The Balaban J connectivity index is 2.28. The molecule has 3 N–H and O–H groups in total. The lowest BCUT2D eigenvalue weighted by Gasteiger charge is -2.35. The smallest absolute Gasteiger partial charge is 0.0640 e. The van der Waals surface area contributed by atoms with Crippen LogP contribution in [0.15, 0.2) is 29.3 Å². The van der Waals surface area contributed by atoms with Gasteiger partial charge in [0.2, 0.25) is 0 Å². The summed E-state index contributed by atoms with van der Waals surface area (Å²) in [5.74, 6) is 0.668. The number of aliphatic imine (C=N–C) groups is 1. The topological polar surface area (TPSA) is 64.9 Å². The molecular formula is C12H15N2O2-. The van der Waals surface area contributed by atoms with E-state index in [-0.39, 0.29) is 0 Å². The van der Waals surface area contributed by atoms with Crippen molar-refractivity contribution in [2.75, 3.05) is 7.05 Å². The lowest BCUT2D eigenvalue weighted by Crippen LogP contribution is -2.31. The molecule has 2 atom stereocenters. The van der Waals surface area contributed by atoms with E-state index < -0.39 is 12.2 Å².